The summed E-state index contributed by atoms with van der Waals surface area (Å²) in [4.78, 5) is 0. The van der Waals surface area contributed by atoms with E-state index in [2.05, 4.69) is 58.3 Å². The van der Waals surface area contributed by atoms with Crippen molar-refractivity contribution >= 4 is 0 Å². The van der Waals surface area contributed by atoms with Crippen molar-refractivity contribution in [2.75, 3.05) is 27.2 Å². The molecule has 0 aromatic heterocycles. The number of rotatable bonds is 21. The van der Waals surface area contributed by atoms with E-state index in [9.17, 15) is 0 Å². The molecule has 1 rings (SSSR count). The SMILES string of the molecule is CC(C)CCCCCCCCCCCCCCCC(c1ccccc1)[N+](C)(C)CCCN. The van der Waals surface area contributed by atoms with Crippen molar-refractivity contribution < 1.29 is 4.48 Å². The van der Waals surface area contributed by atoms with Gasteiger partial charge in [-0.3, -0.25) is 0 Å². The Morgan fingerprint density at radius 3 is 1.50 bits per heavy atom. The summed E-state index contributed by atoms with van der Waals surface area (Å²) in [5, 5.41) is 0. The van der Waals surface area contributed by atoms with Crippen LogP contribution in [-0.4, -0.2) is 31.7 Å². The van der Waals surface area contributed by atoms with Crippen LogP contribution in [0.5, 0.6) is 0 Å². The van der Waals surface area contributed by atoms with E-state index < -0.39 is 0 Å². The van der Waals surface area contributed by atoms with E-state index in [1.54, 1.807) is 0 Å². The summed E-state index contributed by atoms with van der Waals surface area (Å²) >= 11 is 0. The number of hydrogen-bond acceptors (Lipinski definition) is 1. The smallest absolute Gasteiger partial charge is 0.114 e. The van der Waals surface area contributed by atoms with Gasteiger partial charge in [-0.2, -0.15) is 0 Å². The van der Waals surface area contributed by atoms with E-state index in [4.69, 9.17) is 5.73 Å². The van der Waals surface area contributed by atoms with Crippen molar-refractivity contribution in [3.05, 3.63) is 35.9 Å². The summed E-state index contributed by atoms with van der Waals surface area (Å²) in [6, 6.07) is 11.7. The zero-order valence-electron chi connectivity index (χ0n) is 22.3. The molecule has 0 aliphatic heterocycles. The standard InChI is InChI=1S/C30H57N2/c1-28(2)22-17-14-12-10-8-6-5-7-9-11-13-15-20-25-30(29-23-18-16-19-24-29)32(3,4)27-21-26-31/h16,18-19,23-24,28,30H,5-15,17,20-22,25-27,31H2,1-4H3/q+1. The Morgan fingerprint density at radius 2 is 1.06 bits per heavy atom. The van der Waals surface area contributed by atoms with E-state index in [0.29, 0.717) is 6.04 Å². The van der Waals surface area contributed by atoms with E-state index in [-0.39, 0.29) is 0 Å². The van der Waals surface area contributed by atoms with E-state index in [0.717, 1.165) is 29.9 Å². The molecule has 186 valence electrons. The largest absolute Gasteiger partial charge is 0.330 e. The van der Waals surface area contributed by atoms with Gasteiger partial charge in [0.1, 0.15) is 6.04 Å². The van der Waals surface area contributed by atoms with Gasteiger partial charge in [-0.25, -0.2) is 0 Å². The van der Waals surface area contributed by atoms with Crippen LogP contribution in [0.2, 0.25) is 0 Å². The van der Waals surface area contributed by atoms with Crippen molar-refractivity contribution in [2.45, 2.75) is 123 Å². The molecule has 2 heteroatoms. The molecule has 0 radical (unpaired) electrons. The predicted octanol–water partition coefficient (Wildman–Crippen LogP) is 8.66. The van der Waals surface area contributed by atoms with Crippen LogP contribution >= 0.6 is 0 Å². The number of benzene rings is 1. The second-order valence-electron chi connectivity index (χ2n) is 11.1. The number of quaternary nitrogens is 1. The molecule has 0 heterocycles. The van der Waals surface area contributed by atoms with Crippen molar-refractivity contribution in [1.29, 1.82) is 0 Å². The van der Waals surface area contributed by atoms with Crippen LogP contribution in [0.15, 0.2) is 30.3 Å². The van der Waals surface area contributed by atoms with Crippen LogP contribution in [0, 0.1) is 5.92 Å². The zero-order chi connectivity index (χ0) is 23.5. The van der Waals surface area contributed by atoms with Crippen LogP contribution in [0.3, 0.4) is 0 Å². The fraction of sp³-hybridized carbons (Fsp3) is 0.800. The van der Waals surface area contributed by atoms with Crippen molar-refractivity contribution in [3.8, 4) is 0 Å². The van der Waals surface area contributed by atoms with E-state index in [1.165, 1.54) is 102 Å². The lowest BCUT2D eigenvalue weighted by atomic mass is 9.96. The maximum absolute atomic E-state index is 5.80. The third kappa shape index (κ3) is 14.3. The van der Waals surface area contributed by atoms with E-state index >= 15 is 0 Å². The first kappa shape index (κ1) is 29.2. The van der Waals surface area contributed by atoms with Gasteiger partial charge in [-0.05, 0) is 18.9 Å². The highest BCUT2D eigenvalue weighted by Crippen LogP contribution is 2.31. The van der Waals surface area contributed by atoms with Crippen molar-refractivity contribution in [2.24, 2.45) is 11.7 Å². The fourth-order valence-electron chi connectivity index (χ4n) is 5.08. The maximum Gasteiger partial charge on any atom is 0.114 e. The average molecular weight is 446 g/mol. The first-order chi connectivity index (χ1) is 15.5. The number of nitrogens with zero attached hydrogens (tertiary/aromatic N) is 1. The fourth-order valence-corrected chi connectivity index (χ4v) is 5.08. The molecule has 0 fully saturated rings. The third-order valence-corrected chi connectivity index (χ3v) is 7.23. The highest BCUT2D eigenvalue weighted by Gasteiger charge is 2.28. The number of nitrogens with two attached hydrogens (primary N) is 1. The summed E-state index contributed by atoms with van der Waals surface area (Å²) in [7, 11) is 4.78. The minimum atomic E-state index is 0.591. The monoisotopic (exact) mass is 445 g/mol. The van der Waals surface area contributed by atoms with Crippen LogP contribution < -0.4 is 5.73 Å². The maximum atomic E-state index is 5.80. The lowest BCUT2D eigenvalue weighted by Crippen LogP contribution is -2.44. The second-order valence-corrected chi connectivity index (χ2v) is 11.1. The van der Waals surface area contributed by atoms with Crippen LogP contribution in [0.25, 0.3) is 0 Å². The average Bonchev–Trinajstić information content (AvgIpc) is 2.77. The Bertz CT molecular complexity index is 523. The number of unbranched alkanes of at least 4 members (excludes halogenated alkanes) is 12. The Balaban J connectivity index is 2.08. The minimum Gasteiger partial charge on any atom is -0.330 e. The highest BCUT2D eigenvalue weighted by molar-refractivity contribution is 5.17. The quantitative estimate of drug-likeness (QED) is 0.149. The topological polar surface area (TPSA) is 26.0 Å². The van der Waals surface area contributed by atoms with Gasteiger partial charge < -0.3 is 10.2 Å². The van der Waals surface area contributed by atoms with Crippen LogP contribution in [-0.2, 0) is 0 Å². The van der Waals surface area contributed by atoms with Gasteiger partial charge in [0, 0.05) is 18.4 Å². The molecular formula is C30H57N2+. The first-order valence-electron chi connectivity index (χ1n) is 14.0. The van der Waals surface area contributed by atoms with Gasteiger partial charge in [-0.15, -0.1) is 0 Å². The summed E-state index contributed by atoms with van der Waals surface area (Å²) in [5.74, 6) is 0.882. The van der Waals surface area contributed by atoms with Crippen LogP contribution in [0.4, 0.5) is 0 Å². The van der Waals surface area contributed by atoms with Gasteiger partial charge in [0.25, 0.3) is 0 Å². The molecule has 2 N–H and O–H groups in total. The lowest BCUT2D eigenvalue weighted by Gasteiger charge is -2.38. The van der Waals surface area contributed by atoms with E-state index in [1.807, 2.05) is 0 Å². The first-order valence-corrected chi connectivity index (χ1v) is 14.0. The third-order valence-electron chi connectivity index (χ3n) is 7.23. The number of hydrogen-bond donors (Lipinski definition) is 1. The van der Waals surface area contributed by atoms with Crippen molar-refractivity contribution in [3.63, 3.8) is 0 Å². The minimum absolute atomic E-state index is 0.591. The molecule has 0 aliphatic rings. The lowest BCUT2D eigenvalue weighted by molar-refractivity contribution is -0.921. The van der Waals surface area contributed by atoms with Crippen LogP contribution in [0.1, 0.15) is 128 Å². The second kappa shape index (κ2) is 18.6. The molecule has 0 saturated carbocycles. The normalized spacial score (nSPS) is 13.1. The molecule has 32 heavy (non-hydrogen) atoms. The molecule has 1 unspecified atom stereocenters. The van der Waals surface area contributed by atoms with Crippen molar-refractivity contribution in [1.82, 2.24) is 0 Å². The van der Waals surface area contributed by atoms with Gasteiger partial charge in [0.15, 0.2) is 0 Å². The Labute approximate surface area is 201 Å². The molecule has 0 spiro atoms. The predicted molar refractivity (Wildman–Crippen MR) is 144 cm³/mol. The Morgan fingerprint density at radius 1 is 0.625 bits per heavy atom. The molecule has 1 aromatic carbocycles. The molecule has 1 aromatic rings. The zero-order valence-corrected chi connectivity index (χ0v) is 22.3. The Hall–Kier alpha value is -0.860. The molecule has 0 saturated heterocycles. The molecule has 0 aliphatic carbocycles. The Kier molecular flexibility index (Phi) is 16.9. The van der Waals surface area contributed by atoms with Gasteiger partial charge >= 0.3 is 0 Å². The summed E-state index contributed by atoms with van der Waals surface area (Å²) < 4.78 is 1.05. The summed E-state index contributed by atoms with van der Waals surface area (Å²) in [6.07, 6.45) is 22.4. The molecule has 0 bridgehead atoms. The summed E-state index contributed by atoms with van der Waals surface area (Å²) in [6.45, 7) is 6.63. The van der Waals surface area contributed by atoms with Gasteiger partial charge in [0.2, 0.25) is 0 Å². The summed E-state index contributed by atoms with van der Waals surface area (Å²) in [5.41, 5.74) is 7.30. The highest BCUT2D eigenvalue weighted by atomic mass is 15.3. The molecule has 1 atom stereocenters. The van der Waals surface area contributed by atoms with Gasteiger partial charge in [0.05, 0.1) is 20.6 Å². The molecule has 2 nitrogen and oxygen atoms in total. The molecule has 0 amide bonds. The van der Waals surface area contributed by atoms with Gasteiger partial charge in [-0.1, -0.05) is 128 Å². The molecular weight excluding hydrogens is 388 g/mol.